The average Bonchev–Trinajstić information content (AvgIpc) is 2.33. The molecule has 0 aliphatic heterocycles. The molecular formula is C15H21NO3. The van der Waals surface area contributed by atoms with Crippen LogP contribution in [0.5, 0.6) is 0 Å². The van der Waals surface area contributed by atoms with Crippen LogP contribution in [0.4, 0.5) is 0 Å². The van der Waals surface area contributed by atoms with E-state index in [9.17, 15) is 9.59 Å². The number of rotatable bonds is 6. The monoisotopic (exact) mass is 263 g/mol. The van der Waals surface area contributed by atoms with Crippen LogP contribution < -0.4 is 5.32 Å². The molecular weight excluding hydrogens is 242 g/mol. The van der Waals surface area contributed by atoms with E-state index in [1.54, 1.807) is 7.11 Å². The zero-order valence-corrected chi connectivity index (χ0v) is 12.0. The zero-order valence-electron chi connectivity index (χ0n) is 12.0. The summed E-state index contributed by atoms with van der Waals surface area (Å²) in [6.45, 7) is 6.69. The van der Waals surface area contributed by atoms with Gasteiger partial charge in [-0.3, -0.25) is 9.59 Å². The molecule has 0 aromatic heterocycles. The number of amides is 1. The number of ketones is 1. The highest BCUT2D eigenvalue weighted by molar-refractivity contribution is 6.43. The quantitative estimate of drug-likeness (QED) is 0.485. The van der Waals surface area contributed by atoms with E-state index in [0.29, 0.717) is 25.1 Å². The van der Waals surface area contributed by atoms with Gasteiger partial charge in [0.15, 0.2) is 0 Å². The van der Waals surface area contributed by atoms with Crippen LogP contribution in [-0.4, -0.2) is 32.0 Å². The largest absolute Gasteiger partial charge is 0.385 e. The summed E-state index contributed by atoms with van der Waals surface area (Å²) in [6.07, 6.45) is 0.696. The van der Waals surface area contributed by atoms with Gasteiger partial charge in [-0.2, -0.15) is 0 Å². The van der Waals surface area contributed by atoms with Gasteiger partial charge in [-0.05, 0) is 38.3 Å². The van der Waals surface area contributed by atoms with E-state index >= 15 is 0 Å². The molecule has 0 aliphatic rings. The molecule has 4 heteroatoms. The maximum Gasteiger partial charge on any atom is 0.292 e. The minimum Gasteiger partial charge on any atom is -0.385 e. The first kappa shape index (κ1) is 15.4. The molecule has 0 atom stereocenters. The first-order valence-electron chi connectivity index (χ1n) is 6.36. The lowest BCUT2D eigenvalue weighted by Gasteiger charge is -2.10. The molecule has 0 fully saturated rings. The topological polar surface area (TPSA) is 55.4 Å². The minimum atomic E-state index is -0.550. The molecule has 0 bridgehead atoms. The van der Waals surface area contributed by atoms with E-state index in [1.807, 2.05) is 32.9 Å². The molecule has 0 unspecified atom stereocenters. The van der Waals surface area contributed by atoms with Gasteiger partial charge in [0.05, 0.1) is 0 Å². The number of hydrogen-bond donors (Lipinski definition) is 1. The van der Waals surface area contributed by atoms with Crippen molar-refractivity contribution in [2.75, 3.05) is 20.3 Å². The summed E-state index contributed by atoms with van der Waals surface area (Å²) in [5, 5.41) is 2.62. The summed E-state index contributed by atoms with van der Waals surface area (Å²) in [4.78, 5) is 23.9. The van der Waals surface area contributed by atoms with Gasteiger partial charge >= 0.3 is 0 Å². The van der Waals surface area contributed by atoms with Crippen molar-refractivity contribution in [2.24, 2.45) is 0 Å². The number of carbonyl (C=O) groups is 2. The highest BCUT2D eigenvalue weighted by atomic mass is 16.5. The standard InChI is InChI=1S/C15H21NO3/c1-10-8-11(2)13(12(3)9-10)14(17)15(18)16-6-5-7-19-4/h8-9H,5-7H2,1-4H3,(H,16,18). The molecule has 0 saturated carbocycles. The second-order valence-electron chi connectivity index (χ2n) is 4.71. The molecule has 0 aliphatic carbocycles. The van der Waals surface area contributed by atoms with Crippen molar-refractivity contribution in [1.82, 2.24) is 5.32 Å². The van der Waals surface area contributed by atoms with Crippen LogP contribution in [0.2, 0.25) is 0 Å². The van der Waals surface area contributed by atoms with Crippen LogP contribution in [0, 0.1) is 20.8 Å². The molecule has 1 amide bonds. The van der Waals surface area contributed by atoms with Gasteiger partial charge in [0.2, 0.25) is 0 Å². The lowest BCUT2D eigenvalue weighted by Crippen LogP contribution is -2.33. The third-order valence-electron chi connectivity index (χ3n) is 2.92. The highest BCUT2D eigenvalue weighted by Gasteiger charge is 2.19. The molecule has 1 N–H and O–H groups in total. The van der Waals surface area contributed by atoms with Crippen molar-refractivity contribution < 1.29 is 14.3 Å². The van der Waals surface area contributed by atoms with Crippen molar-refractivity contribution in [3.63, 3.8) is 0 Å². The van der Waals surface area contributed by atoms with E-state index in [0.717, 1.165) is 16.7 Å². The third kappa shape index (κ3) is 4.17. The Morgan fingerprint density at radius 3 is 2.26 bits per heavy atom. The summed E-state index contributed by atoms with van der Waals surface area (Å²) in [5.41, 5.74) is 3.28. The Morgan fingerprint density at radius 2 is 1.74 bits per heavy atom. The number of nitrogens with one attached hydrogen (secondary N) is 1. The molecule has 0 saturated heterocycles. The van der Waals surface area contributed by atoms with Crippen LogP contribution >= 0.6 is 0 Å². The number of Topliss-reactive ketones (excluding diaryl/α,β-unsaturated/α-hetero) is 1. The van der Waals surface area contributed by atoms with Crippen molar-refractivity contribution in [1.29, 1.82) is 0 Å². The Bertz CT molecular complexity index is 457. The number of carbonyl (C=O) groups excluding carboxylic acids is 2. The van der Waals surface area contributed by atoms with Gasteiger partial charge in [0, 0.05) is 25.8 Å². The fourth-order valence-electron chi connectivity index (χ4n) is 2.15. The first-order chi connectivity index (χ1) is 8.97. The van der Waals surface area contributed by atoms with Crippen LogP contribution in [0.25, 0.3) is 0 Å². The van der Waals surface area contributed by atoms with Crippen molar-refractivity contribution in [3.8, 4) is 0 Å². The molecule has 19 heavy (non-hydrogen) atoms. The first-order valence-corrected chi connectivity index (χ1v) is 6.36. The van der Waals surface area contributed by atoms with Gasteiger partial charge in [-0.1, -0.05) is 17.7 Å². The maximum atomic E-state index is 12.1. The van der Waals surface area contributed by atoms with Crippen LogP contribution in [-0.2, 0) is 9.53 Å². The van der Waals surface area contributed by atoms with Crippen molar-refractivity contribution in [2.45, 2.75) is 27.2 Å². The second-order valence-corrected chi connectivity index (χ2v) is 4.71. The Labute approximate surface area is 114 Å². The predicted molar refractivity (Wildman–Crippen MR) is 74.5 cm³/mol. The maximum absolute atomic E-state index is 12.1. The zero-order chi connectivity index (χ0) is 14.4. The summed E-state index contributed by atoms with van der Waals surface area (Å²) in [5.74, 6) is -1.02. The predicted octanol–water partition coefficient (Wildman–Crippen LogP) is 1.95. The molecule has 0 heterocycles. The van der Waals surface area contributed by atoms with E-state index < -0.39 is 11.7 Å². The average molecular weight is 263 g/mol. The number of ether oxygens (including phenoxy) is 1. The summed E-state index contributed by atoms with van der Waals surface area (Å²) < 4.78 is 4.88. The summed E-state index contributed by atoms with van der Waals surface area (Å²) in [6, 6.07) is 3.83. The SMILES string of the molecule is COCCCNC(=O)C(=O)c1c(C)cc(C)cc1C. The number of aryl methyl sites for hydroxylation is 3. The molecule has 1 aromatic carbocycles. The normalized spacial score (nSPS) is 10.3. The Kier molecular flexibility index (Phi) is 5.70. The third-order valence-corrected chi connectivity index (χ3v) is 2.92. The summed E-state index contributed by atoms with van der Waals surface area (Å²) in [7, 11) is 1.60. The van der Waals surface area contributed by atoms with Gasteiger partial charge in [0.1, 0.15) is 0 Å². The van der Waals surface area contributed by atoms with Gasteiger partial charge in [-0.25, -0.2) is 0 Å². The number of methoxy groups -OCH3 is 1. The molecule has 0 radical (unpaired) electrons. The molecule has 104 valence electrons. The van der Waals surface area contributed by atoms with Crippen molar-refractivity contribution in [3.05, 3.63) is 34.4 Å². The fourth-order valence-corrected chi connectivity index (χ4v) is 2.15. The Morgan fingerprint density at radius 1 is 1.16 bits per heavy atom. The minimum absolute atomic E-state index is 0.447. The molecule has 1 aromatic rings. The highest BCUT2D eigenvalue weighted by Crippen LogP contribution is 2.16. The van der Waals surface area contributed by atoms with Gasteiger partial charge < -0.3 is 10.1 Å². The molecule has 0 spiro atoms. The van der Waals surface area contributed by atoms with E-state index in [4.69, 9.17) is 4.74 Å². The lowest BCUT2D eigenvalue weighted by molar-refractivity contribution is -0.117. The number of benzene rings is 1. The molecule has 1 rings (SSSR count). The van der Waals surface area contributed by atoms with Crippen LogP contribution in [0.15, 0.2) is 12.1 Å². The smallest absolute Gasteiger partial charge is 0.292 e. The van der Waals surface area contributed by atoms with E-state index in [2.05, 4.69) is 5.32 Å². The summed E-state index contributed by atoms with van der Waals surface area (Å²) >= 11 is 0. The lowest BCUT2D eigenvalue weighted by atomic mass is 9.96. The van der Waals surface area contributed by atoms with E-state index in [-0.39, 0.29) is 0 Å². The van der Waals surface area contributed by atoms with Crippen LogP contribution in [0.1, 0.15) is 33.5 Å². The number of hydrogen-bond acceptors (Lipinski definition) is 3. The van der Waals surface area contributed by atoms with E-state index in [1.165, 1.54) is 0 Å². The van der Waals surface area contributed by atoms with Crippen LogP contribution in [0.3, 0.4) is 0 Å². The van der Waals surface area contributed by atoms with Crippen molar-refractivity contribution >= 4 is 11.7 Å². The van der Waals surface area contributed by atoms with Gasteiger partial charge in [0.25, 0.3) is 11.7 Å². The fraction of sp³-hybridized carbons (Fsp3) is 0.467. The Balaban J connectivity index is 2.75. The molecule has 4 nitrogen and oxygen atoms in total. The second kappa shape index (κ2) is 7.04. The van der Waals surface area contributed by atoms with Gasteiger partial charge in [-0.15, -0.1) is 0 Å². The Hall–Kier alpha value is -1.68.